The van der Waals surface area contributed by atoms with Crippen molar-refractivity contribution >= 4 is 11.9 Å². The molecule has 0 saturated carbocycles. The van der Waals surface area contributed by atoms with Gasteiger partial charge in [0.2, 0.25) is 5.91 Å². The summed E-state index contributed by atoms with van der Waals surface area (Å²) in [6.45, 7) is 4.68. The van der Waals surface area contributed by atoms with Crippen molar-refractivity contribution in [1.82, 2.24) is 5.32 Å². The molecule has 0 aromatic heterocycles. The van der Waals surface area contributed by atoms with Crippen LogP contribution in [-0.4, -0.2) is 34.2 Å². The van der Waals surface area contributed by atoms with Crippen LogP contribution < -0.4 is 5.32 Å². The van der Waals surface area contributed by atoms with Gasteiger partial charge in [0.25, 0.3) is 0 Å². The molecule has 1 amide bonds. The van der Waals surface area contributed by atoms with Crippen LogP contribution in [0.1, 0.15) is 39.2 Å². The molecule has 0 aliphatic heterocycles. The molecule has 3 N–H and O–H groups in total. The van der Waals surface area contributed by atoms with E-state index in [0.717, 1.165) is 12.5 Å². The number of carbonyl (C=O) groups excluding carboxylic acids is 1. The van der Waals surface area contributed by atoms with Gasteiger partial charge in [0.05, 0.1) is 12.0 Å². The second kappa shape index (κ2) is 6.72. The zero-order valence-electron chi connectivity index (χ0n) is 12.7. The summed E-state index contributed by atoms with van der Waals surface area (Å²) >= 11 is 0. The lowest BCUT2D eigenvalue weighted by Crippen LogP contribution is -2.51. The van der Waals surface area contributed by atoms with Crippen molar-refractivity contribution in [2.24, 2.45) is 0 Å². The van der Waals surface area contributed by atoms with Crippen molar-refractivity contribution in [1.29, 1.82) is 0 Å². The normalized spacial score (nSPS) is 14.3. The second-order valence-corrected chi connectivity index (χ2v) is 5.42. The highest BCUT2D eigenvalue weighted by atomic mass is 16.4. The Labute approximate surface area is 125 Å². The second-order valence-electron chi connectivity index (χ2n) is 5.42. The molecule has 1 unspecified atom stereocenters. The Balaban J connectivity index is 2.97. The average molecular weight is 293 g/mol. The van der Waals surface area contributed by atoms with Gasteiger partial charge in [-0.3, -0.25) is 4.79 Å². The maximum absolute atomic E-state index is 12.6. The Morgan fingerprint density at radius 3 is 2.10 bits per heavy atom. The van der Waals surface area contributed by atoms with Crippen LogP contribution in [0.4, 0.5) is 0 Å². The predicted molar refractivity (Wildman–Crippen MR) is 80.0 cm³/mol. The van der Waals surface area contributed by atoms with Gasteiger partial charge in [0.1, 0.15) is 0 Å². The van der Waals surface area contributed by atoms with Crippen LogP contribution in [0.15, 0.2) is 30.3 Å². The van der Waals surface area contributed by atoms with E-state index >= 15 is 0 Å². The lowest BCUT2D eigenvalue weighted by Gasteiger charge is -2.32. The molecule has 0 aliphatic rings. The Kier molecular flexibility index (Phi) is 5.49. The minimum atomic E-state index is -1.97. The quantitative estimate of drug-likeness (QED) is 0.714. The van der Waals surface area contributed by atoms with Crippen molar-refractivity contribution in [2.75, 3.05) is 6.54 Å². The third-order valence-electron chi connectivity index (χ3n) is 4.02. The first-order valence-corrected chi connectivity index (χ1v) is 7.09. The number of amides is 1. The number of carbonyl (C=O) groups is 2. The summed E-state index contributed by atoms with van der Waals surface area (Å²) in [5, 5.41) is 21.2. The van der Waals surface area contributed by atoms with E-state index in [4.69, 9.17) is 5.11 Å². The molecule has 0 heterocycles. The van der Waals surface area contributed by atoms with Crippen LogP contribution in [0.2, 0.25) is 0 Å². The Bertz CT molecular complexity index is 492. The van der Waals surface area contributed by atoms with E-state index in [-0.39, 0.29) is 12.5 Å². The van der Waals surface area contributed by atoms with Crippen molar-refractivity contribution in [3.63, 3.8) is 0 Å². The third kappa shape index (κ3) is 3.61. The first-order valence-electron chi connectivity index (χ1n) is 7.09. The van der Waals surface area contributed by atoms with Gasteiger partial charge >= 0.3 is 5.97 Å². The highest BCUT2D eigenvalue weighted by molar-refractivity contribution is 5.89. The van der Waals surface area contributed by atoms with E-state index in [0.29, 0.717) is 12.8 Å². The Morgan fingerprint density at radius 1 is 1.14 bits per heavy atom. The number of aliphatic carboxylic acids is 1. The lowest BCUT2D eigenvalue weighted by atomic mass is 9.75. The summed E-state index contributed by atoms with van der Waals surface area (Å²) in [6, 6.07) is 9.41. The van der Waals surface area contributed by atoms with Crippen LogP contribution in [0.5, 0.6) is 0 Å². The number of aliphatic hydroxyl groups is 1. The SMILES string of the molecule is CCC(CC)(C(=O)NCC(C)(O)C(=O)O)c1ccccc1. The van der Waals surface area contributed by atoms with E-state index in [1.807, 2.05) is 44.2 Å². The van der Waals surface area contributed by atoms with Crippen LogP contribution in [0.25, 0.3) is 0 Å². The van der Waals surface area contributed by atoms with E-state index in [9.17, 15) is 14.7 Å². The monoisotopic (exact) mass is 293 g/mol. The van der Waals surface area contributed by atoms with E-state index < -0.39 is 17.0 Å². The highest BCUT2D eigenvalue weighted by Gasteiger charge is 2.38. The number of carboxylic acid groups (broad SMARTS) is 1. The number of nitrogens with one attached hydrogen (secondary N) is 1. The molecule has 5 heteroatoms. The van der Waals surface area contributed by atoms with Gasteiger partial charge in [-0.1, -0.05) is 44.2 Å². The maximum atomic E-state index is 12.6. The molecule has 1 aromatic rings. The largest absolute Gasteiger partial charge is 0.479 e. The predicted octanol–water partition coefficient (Wildman–Crippen LogP) is 1.70. The highest BCUT2D eigenvalue weighted by Crippen LogP contribution is 2.31. The molecule has 1 atom stereocenters. The molecule has 0 bridgehead atoms. The molecular weight excluding hydrogens is 270 g/mol. The Hall–Kier alpha value is -1.88. The molecule has 0 saturated heterocycles. The van der Waals surface area contributed by atoms with Gasteiger partial charge in [0.15, 0.2) is 5.60 Å². The fourth-order valence-electron chi connectivity index (χ4n) is 2.36. The topological polar surface area (TPSA) is 86.6 Å². The van der Waals surface area contributed by atoms with Crippen molar-refractivity contribution in [3.8, 4) is 0 Å². The molecule has 0 aliphatic carbocycles. The molecule has 0 radical (unpaired) electrons. The minimum Gasteiger partial charge on any atom is -0.479 e. The molecular formula is C16H23NO4. The summed E-state index contributed by atoms with van der Waals surface area (Å²) in [7, 11) is 0. The first-order chi connectivity index (χ1) is 9.80. The number of hydrogen-bond acceptors (Lipinski definition) is 3. The summed E-state index contributed by atoms with van der Waals surface area (Å²) in [6.07, 6.45) is 1.18. The fraction of sp³-hybridized carbons (Fsp3) is 0.500. The van der Waals surface area contributed by atoms with Gasteiger partial charge in [-0.2, -0.15) is 0 Å². The zero-order valence-corrected chi connectivity index (χ0v) is 12.7. The summed E-state index contributed by atoms with van der Waals surface area (Å²) in [5.41, 5.74) is -1.79. The van der Waals surface area contributed by atoms with Gasteiger partial charge < -0.3 is 15.5 Å². The van der Waals surface area contributed by atoms with Crippen LogP contribution in [0, 0.1) is 0 Å². The fourth-order valence-corrected chi connectivity index (χ4v) is 2.36. The van der Waals surface area contributed by atoms with E-state index in [1.54, 1.807) is 0 Å². The average Bonchev–Trinajstić information content (AvgIpc) is 2.48. The standard InChI is InChI=1S/C16H23NO4/c1-4-16(5-2,12-9-7-6-8-10-12)13(18)17-11-15(3,21)14(19)20/h6-10,21H,4-5,11H2,1-3H3,(H,17,18)(H,19,20). The smallest absolute Gasteiger partial charge is 0.337 e. The summed E-state index contributed by atoms with van der Waals surface area (Å²) < 4.78 is 0. The van der Waals surface area contributed by atoms with E-state index in [2.05, 4.69) is 5.32 Å². The van der Waals surface area contributed by atoms with Gasteiger partial charge in [-0.05, 0) is 25.3 Å². The zero-order chi connectivity index (χ0) is 16.1. The summed E-state index contributed by atoms with van der Waals surface area (Å²) in [5.74, 6) is -1.62. The van der Waals surface area contributed by atoms with Gasteiger partial charge in [0, 0.05) is 0 Å². The molecule has 5 nitrogen and oxygen atoms in total. The molecule has 0 fully saturated rings. The third-order valence-corrected chi connectivity index (χ3v) is 4.02. The van der Waals surface area contributed by atoms with Crippen molar-refractivity contribution in [2.45, 2.75) is 44.6 Å². The number of hydrogen-bond donors (Lipinski definition) is 3. The van der Waals surface area contributed by atoms with Crippen molar-refractivity contribution in [3.05, 3.63) is 35.9 Å². The Morgan fingerprint density at radius 2 is 1.67 bits per heavy atom. The van der Waals surface area contributed by atoms with E-state index in [1.165, 1.54) is 0 Å². The first kappa shape index (κ1) is 17.2. The van der Waals surface area contributed by atoms with Crippen LogP contribution in [0.3, 0.4) is 0 Å². The molecule has 21 heavy (non-hydrogen) atoms. The molecule has 1 aromatic carbocycles. The van der Waals surface area contributed by atoms with Crippen LogP contribution >= 0.6 is 0 Å². The van der Waals surface area contributed by atoms with Gasteiger partial charge in [-0.25, -0.2) is 4.79 Å². The molecule has 1 rings (SSSR count). The lowest BCUT2D eigenvalue weighted by molar-refractivity contribution is -0.156. The van der Waals surface area contributed by atoms with Crippen molar-refractivity contribution < 1.29 is 19.8 Å². The van der Waals surface area contributed by atoms with Crippen LogP contribution in [-0.2, 0) is 15.0 Å². The van der Waals surface area contributed by atoms with Gasteiger partial charge in [-0.15, -0.1) is 0 Å². The maximum Gasteiger partial charge on any atom is 0.337 e. The minimum absolute atomic E-state index is 0.264. The molecule has 116 valence electrons. The summed E-state index contributed by atoms with van der Waals surface area (Å²) in [4.78, 5) is 23.5. The number of rotatable bonds is 7. The number of benzene rings is 1. The molecule has 0 spiro atoms. The number of carboxylic acids is 1.